The monoisotopic (exact) mass is 396 g/mol. The van der Waals surface area contributed by atoms with Crippen molar-refractivity contribution in [3.8, 4) is 22.8 Å². The summed E-state index contributed by atoms with van der Waals surface area (Å²) in [6.07, 6.45) is 3.56. The fourth-order valence-corrected chi connectivity index (χ4v) is 4.00. The number of benzene rings is 2. The molecule has 4 nitrogen and oxygen atoms in total. The van der Waals surface area contributed by atoms with Gasteiger partial charge in [0.15, 0.2) is 4.80 Å². The molecule has 0 amide bonds. The lowest BCUT2D eigenvalue weighted by Gasteiger charge is -2.10. The molecule has 0 unspecified atom stereocenters. The zero-order valence-electron chi connectivity index (χ0n) is 16.9. The van der Waals surface area contributed by atoms with Gasteiger partial charge in [-0.2, -0.15) is 0 Å². The molecular weight excluding hydrogens is 368 g/mol. The van der Waals surface area contributed by atoms with Crippen molar-refractivity contribution in [2.45, 2.75) is 39.7 Å². The molecule has 0 spiro atoms. The first-order chi connectivity index (χ1) is 13.7. The molecule has 1 aromatic heterocycles. The van der Waals surface area contributed by atoms with Crippen LogP contribution in [0.4, 0.5) is 5.69 Å². The van der Waals surface area contributed by atoms with E-state index in [1.54, 1.807) is 18.4 Å². The van der Waals surface area contributed by atoms with E-state index in [4.69, 9.17) is 14.5 Å². The topological polar surface area (TPSA) is 35.8 Å². The van der Waals surface area contributed by atoms with Crippen molar-refractivity contribution in [3.63, 3.8) is 0 Å². The Kier molecular flexibility index (Phi) is 7.31. The van der Waals surface area contributed by atoms with E-state index in [2.05, 4.69) is 29.0 Å². The van der Waals surface area contributed by atoms with Crippen molar-refractivity contribution < 1.29 is 9.47 Å². The Hall–Kier alpha value is -2.53. The number of aromatic nitrogens is 1. The molecule has 0 atom stereocenters. The normalized spacial score (nSPS) is 11.6. The zero-order valence-corrected chi connectivity index (χ0v) is 17.7. The van der Waals surface area contributed by atoms with Crippen LogP contribution < -0.4 is 14.3 Å². The van der Waals surface area contributed by atoms with Crippen LogP contribution in [-0.4, -0.2) is 18.3 Å². The first-order valence-corrected chi connectivity index (χ1v) is 10.7. The highest BCUT2D eigenvalue weighted by Gasteiger charge is 2.08. The standard InChI is InChI=1S/C23H28N2O2S/c1-4-6-7-16-25-22(18-8-12-20(26-3)13-9-18)17-28-23(25)24-19-10-14-21(15-11-19)27-5-2/h8-15,17H,4-7,16H2,1-3H3. The van der Waals surface area contributed by atoms with E-state index in [1.165, 1.54) is 24.1 Å². The lowest BCUT2D eigenvalue weighted by molar-refractivity contribution is 0.340. The van der Waals surface area contributed by atoms with Crippen LogP contribution in [0, 0.1) is 0 Å². The minimum atomic E-state index is 0.671. The lowest BCUT2D eigenvalue weighted by atomic mass is 10.1. The van der Waals surface area contributed by atoms with E-state index in [9.17, 15) is 0 Å². The van der Waals surface area contributed by atoms with Crippen LogP contribution in [0.1, 0.15) is 33.1 Å². The van der Waals surface area contributed by atoms with Gasteiger partial charge in [-0.3, -0.25) is 0 Å². The fourth-order valence-electron chi connectivity index (χ4n) is 3.04. The van der Waals surface area contributed by atoms with E-state index in [0.717, 1.165) is 35.0 Å². The Morgan fingerprint density at radius 2 is 1.64 bits per heavy atom. The molecule has 0 aliphatic rings. The summed E-state index contributed by atoms with van der Waals surface area (Å²) in [5.74, 6) is 1.75. The molecule has 0 N–H and O–H groups in total. The number of ether oxygens (including phenoxy) is 2. The highest BCUT2D eigenvalue weighted by atomic mass is 32.1. The smallest absolute Gasteiger partial charge is 0.190 e. The molecule has 2 aromatic carbocycles. The average Bonchev–Trinajstić information content (AvgIpc) is 3.12. The number of methoxy groups -OCH3 is 1. The summed E-state index contributed by atoms with van der Waals surface area (Å²) in [7, 11) is 1.69. The highest BCUT2D eigenvalue weighted by molar-refractivity contribution is 7.07. The molecule has 0 radical (unpaired) electrons. The van der Waals surface area contributed by atoms with Crippen molar-refractivity contribution in [2.24, 2.45) is 4.99 Å². The molecule has 0 saturated carbocycles. The van der Waals surface area contributed by atoms with Crippen LogP contribution in [-0.2, 0) is 6.54 Å². The Labute approximate surface area is 171 Å². The maximum absolute atomic E-state index is 5.53. The first-order valence-electron chi connectivity index (χ1n) is 9.85. The van der Waals surface area contributed by atoms with Crippen molar-refractivity contribution in [1.29, 1.82) is 0 Å². The lowest BCUT2D eigenvalue weighted by Crippen LogP contribution is -2.16. The molecule has 0 bridgehead atoms. The number of nitrogens with zero attached hydrogens (tertiary/aromatic N) is 2. The van der Waals surface area contributed by atoms with Gasteiger partial charge in [-0.15, -0.1) is 11.3 Å². The largest absolute Gasteiger partial charge is 0.497 e. The van der Waals surface area contributed by atoms with Crippen LogP contribution in [0.5, 0.6) is 11.5 Å². The predicted molar refractivity (Wildman–Crippen MR) is 117 cm³/mol. The third kappa shape index (κ3) is 5.04. The molecule has 0 aliphatic carbocycles. The van der Waals surface area contributed by atoms with Gasteiger partial charge < -0.3 is 14.0 Å². The molecule has 0 saturated heterocycles. The molecule has 28 heavy (non-hydrogen) atoms. The number of rotatable bonds is 9. The van der Waals surface area contributed by atoms with Gasteiger partial charge >= 0.3 is 0 Å². The Morgan fingerprint density at radius 1 is 0.929 bits per heavy atom. The van der Waals surface area contributed by atoms with E-state index in [1.807, 2.05) is 43.3 Å². The van der Waals surface area contributed by atoms with Gasteiger partial charge in [-0.1, -0.05) is 19.8 Å². The number of hydrogen-bond donors (Lipinski definition) is 0. The molecule has 0 fully saturated rings. The van der Waals surface area contributed by atoms with Crippen LogP contribution in [0.15, 0.2) is 58.9 Å². The van der Waals surface area contributed by atoms with Gasteiger partial charge in [0, 0.05) is 11.9 Å². The molecule has 0 aliphatic heterocycles. The second kappa shape index (κ2) is 10.1. The molecule has 3 aromatic rings. The maximum Gasteiger partial charge on any atom is 0.190 e. The predicted octanol–water partition coefficient (Wildman–Crippen LogP) is 6.05. The number of thiazole rings is 1. The second-order valence-electron chi connectivity index (χ2n) is 6.53. The van der Waals surface area contributed by atoms with Gasteiger partial charge in [-0.25, -0.2) is 4.99 Å². The van der Waals surface area contributed by atoms with Crippen LogP contribution in [0.25, 0.3) is 11.3 Å². The van der Waals surface area contributed by atoms with E-state index >= 15 is 0 Å². The van der Waals surface area contributed by atoms with Gasteiger partial charge in [0.2, 0.25) is 0 Å². The summed E-state index contributed by atoms with van der Waals surface area (Å²) in [5.41, 5.74) is 3.32. The SMILES string of the molecule is CCCCCn1c(-c2ccc(OC)cc2)csc1=Nc1ccc(OCC)cc1. The van der Waals surface area contributed by atoms with Crippen LogP contribution >= 0.6 is 11.3 Å². The first kappa shape index (κ1) is 20.2. The van der Waals surface area contributed by atoms with Gasteiger partial charge in [0.25, 0.3) is 0 Å². The number of unbranched alkanes of at least 4 members (excludes halogenated alkanes) is 2. The minimum Gasteiger partial charge on any atom is -0.497 e. The van der Waals surface area contributed by atoms with E-state index < -0.39 is 0 Å². The summed E-state index contributed by atoms with van der Waals surface area (Å²) in [6, 6.07) is 16.2. The van der Waals surface area contributed by atoms with E-state index in [0.29, 0.717) is 6.61 Å². The molecular formula is C23H28N2O2S. The minimum absolute atomic E-state index is 0.671. The molecule has 5 heteroatoms. The van der Waals surface area contributed by atoms with E-state index in [-0.39, 0.29) is 0 Å². The van der Waals surface area contributed by atoms with Gasteiger partial charge in [0.1, 0.15) is 11.5 Å². The third-order valence-corrected chi connectivity index (χ3v) is 5.40. The summed E-state index contributed by atoms with van der Waals surface area (Å²) >= 11 is 1.68. The molecule has 1 heterocycles. The van der Waals surface area contributed by atoms with Crippen LogP contribution in [0.3, 0.4) is 0 Å². The van der Waals surface area contributed by atoms with Crippen molar-refractivity contribution in [2.75, 3.05) is 13.7 Å². The zero-order chi connectivity index (χ0) is 19.8. The average molecular weight is 397 g/mol. The maximum atomic E-state index is 5.53. The summed E-state index contributed by atoms with van der Waals surface area (Å²) in [6.45, 7) is 5.86. The summed E-state index contributed by atoms with van der Waals surface area (Å²) in [4.78, 5) is 5.92. The van der Waals surface area contributed by atoms with Crippen molar-refractivity contribution in [3.05, 3.63) is 58.7 Å². The fraction of sp³-hybridized carbons (Fsp3) is 0.348. The Bertz CT molecular complexity index is 924. The van der Waals surface area contributed by atoms with Crippen LogP contribution in [0.2, 0.25) is 0 Å². The third-order valence-electron chi connectivity index (χ3n) is 4.54. The quantitative estimate of drug-likeness (QED) is 0.413. The van der Waals surface area contributed by atoms with Gasteiger partial charge in [0.05, 0.1) is 25.1 Å². The summed E-state index contributed by atoms with van der Waals surface area (Å²) < 4.78 is 13.2. The van der Waals surface area contributed by atoms with Crippen molar-refractivity contribution in [1.82, 2.24) is 4.57 Å². The molecule has 3 rings (SSSR count). The Balaban J connectivity index is 1.96. The number of hydrogen-bond acceptors (Lipinski definition) is 4. The molecule has 148 valence electrons. The van der Waals surface area contributed by atoms with Gasteiger partial charge in [-0.05, 0) is 67.4 Å². The van der Waals surface area contributed by atoms with Crippen molar-refractivity contribution >= 4 is 17.0 Å². The summed E-state index contributed by atoms with van der Waals surface area (Å²) in [5, 5.41) is 2.20. The second-order valence-corrected chi connectivity index (χ2v) is 7.37. The Morgan fingerprint density at radius 3 is 2.29 bits per heavy atom. The highest BCUT2D eigenvalue weighted by Crippen LogP contribution is 2.24.